The molecule has 3 aromatic rings. The molecule has 0 spiro atoms. The Balaban J connectivity index is 2.41. The van der Waals surface area contributed by atoms with Gasteiger partial charge in [-0.05, 0) is 30.3 Å². The normalized spacial score (nSPS) is 11.0. The molecule has 0 amide bonds. The van der Waals surface area contributed by atoms with Crippen LogP contribution in [0.3, 0.4) is 0 Å². The Morgan fingerprint density at radius 1 is 1.11 bits per heavy atom. The highest BCUT2D eigenvalue weighted by molar-refractivity contribution is 6.31. The van der Waals surface area contributed by atoms with Gasteiger partial charge in [-0.1, -0.05) is 17.7 Å². The molecule has 0 aliphatic heterocycles. The van der Waals surface area contributed by atoms with Crippen LogP contribution in [-0.4, -0.2) is 21.2 Å². The average molecular weight is 274 g/mol. The van der Waals surface area contributed by atoms with Crippen molar-refractivity contribution in [1.82, 2.24) is 4.98 Å². The lowest BCUT2D eigenvalue weighted by atomic mass is 10.1. The van der Waals surface area contributed by atoms with Crippen molar-refractivity contribution in [3.8, 4) is 5.75 Å². The first kappa shape index (κ1) is 11.7. The summed E-state index contributed by atoms with van der Waals surface area (Å²) in [6.45, 7) is 0. The number of aromatic hydroxyl groups is 1. The van der Waals surface area contributed by atoms with Gasteiger partial charge in [0.1, 0.15) is 11.3 Å². The van der Waals surface area contributed by atoms with Crippen molar-refractivity contribution in [3.63, 3.8) is 0 Å². The van der Waals surface area contributed by atoms with E-state index in [-0.39, 0.29) is 11.3 Å². The Kier molecular flexibility index (Phi) is 2.54. The van der Waals surface area contributed by atoms with Gasteiger partial charge in [0.2, 0.25) is 0 Å². The Bertz CT molecular complexity index is 830. The molecule has 0 saturated heterocycles. The van der Waals surface area contributed by atoms with Gasteiger partial charge in [0, 0.05) is 15.8 Å². The topological polar surface area (TPSA) is 70.4 Å². The van der Waals surface area contributed by atoms with E-state index in [1.54, 1.807) is 30.3 Å². The minimum atomic E-state index is -1.17. The predicted molar refractivity (Wildman–Crippen MR) is 72.9 cm³/mol. The van der Waals surface area contributed by atoms with Crippen LogP contribution in [0.4, 0.5) is 0 Å². The Morgan fingerprint density at radius 3 is 2.63 bits per heavy atom. The van der Waals surface area contributed by atoms with Gasteiger partial charge in [0.05, 0.1) is 11.0 Å². The first-order valence-electron chi connectivity index (χ1n) is 5.51. The number of hydrogen-bond donors (Lipinski definition) is 2. The summed E-state index contributed by atoms with van der Waals surface area (Å²) in [4.78, 5) is 15.3. The summed E-state index contributed by atoms with van der Waals surface area (Å²) in [6.07, 6.45) is 0. The largest absolute Gasteiger partial charge is 0.506 e. The fraction of sp³-hybridized carbons (Fsp3) is 0. The van der Waals surface area contributed by atoms with Crippen molar-refractivity contribution in [1.29, 1.82) is 0 Å². The van der Waals surface area contributed by atoms with Crippen LogP contribution >= 0.6 is 11.6 Å². The average Bonchev–Trinajstić information content (AvgIpc) is 2.37. The maximum atomic E-state index is 11.0. The van der Waals surface area contributed by atoms with Gasteiger partial charge in [0.25, 0.3) is 0 Å². The number of benzene rings is 2. The quantitative estimate of drug-likeness (QED) is 0.666. The Hall–Kier alpha value is -2.33. The molecular weight excluding hydrogens is 266 g/mol. The van der Waals surface area contributed by atoms with Crippen LogP contribution in [0.2, 0.25) is 5.02 Å². The number of phenols is 1. The molecule has 0 saturated carbocycles. The third-order valence-electron chi connectivity index (χ3n) is 2.96. The van der Waals surface area contributed by atoms with E-state index < -0.39 is 5.97 Å². The van der Waals surface area contributed by atoms with Crippen LogP contribution in [0.5, 0.6) is 5.75 Å². The summed E-state index contributed by atoms with van der Waals surface area (Å²) < 4.78 is 0. The molecule has 1 heterocycles. The van der Waals surface area contributed by atoms with Crippen LogP contribution < -0.4 is 0 Å². The molecule has 2 N–H and O–H groups in total. The van der Waals surface area contributed by atoms with Crippen LogP contribution in [-0.2, 0) is 0 Å². The second-order valence-corrected chi connectivity index (χ2v) is 4.60. The summed E-state index contributed by atoms with van der Waals surface area (Å²) in [7, 11) is 0. The number of carbonyl (C=O) groups is 1. The number of carboxylic acid groups (broad SMARTS) is 1. The van der Waals surface area contributed by atoms with Gasteiger partial charge >= 0.3 is 5.97 Å². The molecule has 0 bridgehead atoms. The smallest absolute Gasteiger partial charge is 0.339 e. The standard InChI is InChI=1S/C14H8ClNO3/c15-8-2-1-7-5-10-11(16-12(7)6-8)4-3-9(13(10)17)14(18)19/h1-6,17H,(H,18,19). The molecule has 0 fully saturated rings. The van der Waals surface area contributed by atoms with Gasteiger partial charge < -0.3 is 10.2 Å². The number of pyridine rings is 1. The minimum absolute atomic E-state index is 0.136. The summed E-state index contributed by atoms with van der Waals surface area (Å²) in [5, 5.41) is 20.7. The molecule has 0 radical (unpaired) electrons. The maximum Gasteiger partial charge on any atom is 0.339 e. The van der Waals surface area contributed by atoms with Gasteiger partial charge in [-0.2, -0.15) is 0 Å². The van der Waals surface area contributed by atoms with Crippen LogP contribution in [0.15, 0.2) is 36.4 Å². The predicted octanol–water partition coefficient (Wildman–Crippen LogP) is 3.45. The van der Waals surface area contributed by atoms with E-state index in [0.29, 0.717) is 21.4 Å². The minimum Gasteiger partial charge on any atom is -0.506 e. The summed E-state index contributed by atoms with van der Waals surface area (Å²) in [5.41, 5.74) is 1.09. The second kappa shape index (κ2) is 4.10. The third-order valence-corrected chi connectivity index (χ3v) is 3.19. The fourth-order valence-electron chi connectivity index (χ4n) is 2.03. The third kappa shape index (κ3) is 1.86. The number of hydrogen-bond acceptors (Lipinski definition) is 3. The van der Waals surface area contributed by atoms with Crippen LogP contribution in [0.1, 0.15) is 10.4 Å². The lowest BCUT2D eigenvalue weighted by Gasteiger charge is -2.06. The van der Waals surface area contributed by atoms with Crippen molar-refractivity contribution in [2.75, 3.05) is 0 Å². The molecule has 94 valence electrons. The highest BCUT2D eigenvalue weighted by Crippen LogP contribution is 2.31. The monoisotopic (exact) mass is 273 g/mol. The number of halogens is 1. The number of nitrogens with zero attached hydrogens (tertiary/aromatic N) is 1. The molecule has 3 rings (SSSR count). The number of rotatable bonds is 1. The van der Waals surface area contributed by atoms with E-state index in [9.17, 15) is 9.90 Å². The number of aromatic nitrogens is 1. The molecule has 19 heavy (non-hydrogen) atoms. The zero-order chi connectivity index (χ0) is 13.6. The maximum absolute atomic E-state index is 11.0. The lowest BCUT2D eigenvalue weighted by molar-refractivity contribution is 0.0694. The molecule has 1 aromatic heterocycles. The highest BCUT2D eigenvalue weighted by atomic mass is 35.5. The van der Waals surface area contributed by atoms with E-state index in [1.165, 1.54) is 6.07 Å². The van der Waals surface area contributed by atoms with Crippen LogP contribution in [0.25, 0.3) is 21.8 Å². The first-order valence-corrected chi connectivity index (χ1v) is 5.89. The molecule has 0 aliphatic carbocycles. The van der Waals surface area contributed by atoms with E-state index in [2.05, 4.69) is 4.98 Å². The highest BCUT2D eigenvalue weighted by Gasteiger charge is 2.13. The van der Waals surface area contributed by atoms with E-state index >= 15 is 0 Å². The summed E-state index contributed by atoms with van der Waals surface area (Å²) in [6, 6.07) is 9.82. The second-order valence-electron chi connectivity index (χ2n) is 4.16. The van der Waals surface area contributed by atoms with Gasteiger partial charge in [0.15, 0.2) is 0 Å². The number of aromatic carboxylic acids is 1. The lowest BCUT2D eigenvalue weighted by Crippen LogP contribution is -1.97. The summed E-state index contributed by atoms with van der Waals surface area (Å²) in [5.74, 6) is -1.44. The molecule has 0 unspecified atom stereocenters. The molecule has 4 nitrogen and oxygen atoms in total. The van der Waals surface area contributed by atoms with Crippen molar-refractivity contribution in [2.24, 2.45) is 0 Å². The molecular formula is C14H8ClNO3. The fourth-order valence-corrected chi connectivity index (χ4v) is 2.20. The number of fused-ring (bicyclic) bond motifs is 2. The molecule has 2 aromatic carbocycles. The number of carboxylic acids is 1. The van der Waals surface area contributed by atoms with E-state index in [4.69, 9.17) is 16.7 Å². The van der Waals surface area contributed by atoms with E-state index in [0.717, 1.165) is 5.39 Å². The van der Waals surface area contributed by atoms with Gasteiger partial charge in [-0.3, -0.25) is 0 Å². The first-order chi connectivity index (χ1) is 9.06. The van der Waals surface area contributed by atoms with Crippen molar-refractivity contribution in [2.45, 2.75) is 0 Å². The SMILES string of the molecule is O=C(O)c1ccc2nc3cc(Cl)ccc3cc2c1O. The zero-order valence-corrected chi connectivity index (χ0v) is 10.3. The van der Waals surface area contributed by atoms with Crippen LogP contribution in [0, 0.1) is 0 Å². The molecule has 0 aliphatic rings. The van der Waals surface area contributed by atoms with Crippen molar-refractivity contribution < 1.29 is 15.0 Å². The summed E-state index contributed by atoms with van der Waals surface area (Å²) >= 11 is 5.90. The van der Waals surface area contributed by atoms with Crippen molar-refractivity contribution >= 4 is 39.4 Å². The van der Waals surface area contributed by atoms with E-state index in [1.807, 2.05) is 0 Å². The molecule has 0 atom stereocenters. The Labute approximate surface area is 112 Å². The van der Waals surface area contributed by atoms with Crippen molar-refractivity contribution in [3.05, 3.63) is 47.0 Å². The van der Waals surface area contributed by atoms with Gasteiger partial charge in [-0.15, -0.1) is 0 Å². The zero-order valence-electron chi connectivity index (χ0n) is 9.59. The Morgan fingerprint density at radius 2 is 1.89 bits per heavy atom. The van der Waals surface area contributed by atoms with Gasteiger partial charge in [-0.25, -0.2) is 9.78 Å². The molecule has 5 heteroatoms.